The number of hydrogen-bond donors (Lipinski definition) is 0. The van der Waals surface area contributed by atoms with Crippen molar-refractivity contribution in [3.8, 4) is 0 Å². The van der Waals surface area contributed by atoms with Gasteiger partial charge in [-0.05, 0) is 19.4 Å². The molecular weight excluding hydrogens is 188 g/mol. The fourth-order valence-electron chi connectivity index (χ4n) is 1.19. The molecule has 1 rings (SSSR count). The first-order chi connectivity index (χ1) is 6.04. The minimum Gasteiger partial charge on any atom is -0.374 e. The molecule has 0 aliphatic heterocycles. The lowest BCUT2D eigenvalue weighted by atomic mass is 10.1. The summed E-state index contributed by atoms with van der Waals surface area (Å²) in [7, 11) is -3.05. The van der Waals surface area contributed by atoms with E-state index in [0.717, 1.165) is 0 Å². The van der Waals surface area contributed by atoms with Crippen molar-refractivity contribution in [3.05, 3.63) is 23.1 Å². The van der Waals surface area contributed by atoms with Gasteiger partial charge in [0.2, 0.25) is 0 Å². The third kappa shape index (κ3) is 2.97. The molecule has 0 radical (unpaired) electrons. The quantitative estimate of drug-likeness (QED) is 0.692. The molecule has 0 saturated carbocycles. The molecule has 13 heavy (non-hydrogen) atoms. The molecule has 0 bridgehead atoms. The molecule has 1 unspecified atom stereocenters. The molecule has 0 saturated heterocycles. The van der Waals surface area contributed by atoms with Crippen LogP contribution < -0.4 is 0 Å². The Kier molecular flexibility index (Phi) is 3.27. The molecule has 3 nitrogen and oxygen atoms in total. The number of hydrogen-bond acceptors (Lipinski definition) is 3. The fourth-order valence-corrected chi connectivity index (χ4v) is 1.92. The van der Waals surface area contributed by atoms with Crippen molar-refractivity contribution in [2.45, 2.75) is 19.4 Å². The number of ether oxygens (including phenoxy) is 1. The van der Waals surface area contributed by atoms with Gasteiger partial charge in [0, 0.05) is 12.9 Å². The molecule has 0 aromatic carbocycles. The smallest absolute Gasteiger partial charge is 0.175 e. The normalized spacial score (nSPS) is 22.9. The van der Waals surface area contributed by atoms with Gasteiger partial charge < -0.3 is 4.74 Å². The minimum absolute atomic E-state index is 0.0375. The number of allylic oxidation sites excluding steroid dienone is 1. The van der Waals surface area contributed by atoms with Gasteiger partial charge in [0.1, 0.15) is 0 Å². The molecule has 1 aliphatic rings. The highest BCUT2D eigenvalue weighted by Gasteiger charge is 2.14. The molecule has 0 N–H and O–H groups in total. The van der Waals surface area contributed by atoms with Gasteiger partial charge in [0.05, 0.1) is 11.0 Å². The van der Waals surface area contributed by atoms with Crippen molar-refractivity contribution in [1.82, 2.24) is 0 Å². The lowest BCUT2D eigenvalue weighted by Crippen LogP contribution is -2.13. The minimum atomic E-state index is -3.05. The molecule has 0 aromatic rings. The molecular formula is C9H14O3S. The molecule has 1 atom stereocenters. The van der Waals surface area contributed by atoms with Crippen molar-refractivity contribution >= 4 is 9.84 Å². The summed E-state index contributed by atoms with van der Waals surface area (Å²) in [5, 5.41) is 0. The van der Waals surface area contributed by atoms with E-state index in [2.05, 4.69) is 0 Å². The lowest BCUT2D eigenvalue weighted by molar-refractivity contribution is 0.0977. The number of rotatable bonds is 3. The summed E-state index contributed by atoms with van der Waals surface area (Å²) < 4.78 is 27.5. The van der Waals surface area contributed by atoms with E-state index in [1.54, 1.807) is 18.2 Å². The van der Waals surface area contributed by atoms with E-state index < -0.39 is 9.84 Å². The highest BCUT2D eigenvalue weighted by atomic mass is 32.2. The van der Waals surface area contributed by atoms with Crippen LogP contribution in [0.3, 0.4) is 0 Å². The Balaban J connectivity index is 2.66. The molecule has 0 spiro atoms. The van der Waals surface area contributed by atoms with Crippen LogP contribution in [-0.4, -0.2) is 27.4 Å². The Labute approximate surface area is 79.0 Å². The average molecular weight is 202 g/mol. The second kappa shape index (κ2) is 4.07. The Morgan fingerprint density at radius 3 is 2.69 bits per heavy atom. The Morgan fingerprint density at radius 2 is 2.31 bits per heavy atom. The Hall–Kier alpha value is -0.610. The summed E-state index contributed by atoms with van der Waals surface area (Å²) in [6.45, 7) is 2.57. The van der Waals surface area contributed by atoms with Gasteiger partial charge in [-0.3, -0.25) is 0 Å². The molecule has 0 heterocycles. The topological polar surface area (TPSA) is 43.4 Å². The van der Waals surface area contributed by atoms with Crippen molar-refractivity contribution < 1.29 is 13.2 Å². The van der Waals surface area contributed by atoms with Gasteiger partial charge >= 0.3 is 0 Å². The fraction of sp³-hybridized carbons (Fsp3) is 0.556. The Morgan fingerprint density at radius 1 is 1.62 bits per heavy atom. The zero-order valence-electron chi connectivity index (χ0n) is 7.86. The SMILES string of the molecule is CCOC1C=CC(S(C)(=O)=O)=CC1. The van der Waals surface area contributed by atoms with Crippen LogP contribution >= 0.6 is 0 Å². The summed E-state index contributed by atoms with van der Waals surface area (Å²) >= 11 is 0. The predicted octanol–water partition coefficient (Wildman–Crippen LogP) is 1.28. The predicted molar refractivity (Wildman–Crippen MR) is 52.1 cm³/mol. The van der Waals surface area contributed by atoms with E-state index in [4.69, 9.17) is 4.74 Å². The van der Waals surface area contributed by atoms with Gasteiger partial charge in [0.15, 0.2) is 9.84 Å². The van der Waals surface area contributed by atoms with Crippen LogP contribution in [0.1, 0.15) is 13.3 Å². The summed E-state index contributed by atoms with van der Waals surface area (Å²) in [5.41, 5.74) is 0. The first kappa shape index (κ1) is 10.5. The van der Waals surface area contributed by atoms with Crippen molar-refractivity contribution in [3.63, 3.8) is 0 Å². The first-order valence-corrected chi connectivity index (χ1v) is 6.13. The zero-order valence-corrected chi connectivity index (χ0v) is 8.67. The maximum atomic E-state index is 11.1. The monoisotopic (exact) mass is 202 g/mol. The average Bonchev–Trinajstić information content (AvgIpc) is 2.04. The standard InChI is InChI=1S/C9H14O3S/c1-3-12-8-4-6-9(7-5-8)13(2,10)11/h4,6-8H,3,5H2,1-2H3. The van der Waals surface area contributed by atoms with E-state index in [9.17, 15) is 8.42 Å². The van der Waals surface area contributed by atoms with Gasteiger partial charge in [-0.1, -0.05) is 12.2 Å². The van der Waals surface area contributed by atoms with Crippen LogP contribution in [0.5, 0.6) is 0 Å². The third-order valence-corrected chi connectivity index (χ3v) is 2.99. The van der Waals surface area contributed by atoms with Crippen LogP contribution in [-0.2, 0) is 14.6 Å². The van der Waals surface area contributed by atoms with Crippen LogP contribution in [0.4, 0.5) is 0 Å². The highest BCUT2D eigenvalue weighted by molar-refractivity contribution is 7.94. The molecule has 4 heteroatoms. The van der Waals surface area contributed by atoms with Gasteiger partial charge in [-0.2, -0.15) is 0 Å². The van der Waals surface area contributed by atoms with Gasteiger partial charge in [0.25, 0.3) is 0 Å². The summed E-state index contributed by atoms with van der Waals surface area (Å²) in [4.78, 5) is 0.392. The molecule has 0 fully saturated rings. The van der Waals surface area contributed by atoms with Crippen molar-refractivity contribution in [2.24, 2.45) is 0 Å². The van der Waals surface area contributed by atoms with Crippen LogP contribution in [0.25, 0.3) is 0 Å². The molecule has 0 aromatic heterocycles. The first-order valence-electron chi connectivity index (χ1n) is 4.24. The number of sulfone groups is 1. The largest absolute Gasteiger partial charge is 0.374 e. The van der Waals surface area contributed by atoms with E-state index in [-0.39, 0.29) is 6.10 Å². The van der Waals surface area contributed by atoms with Crippen molar-refractivity contribution in [1.29, 1.82) is 0 Å². The second-order valence-electron chi connectivity index (χ2n) is 2.97. The maximum absolute atomic E-state index is 11.1. The van der Waals surface area contributed by atoms with E-state index >= 15 is 0 Å². The van der Waals surface area contributed by atoms with Gasteiger partial charge in [-0.25, -0.2) is 8.42 Å². The Bertz CT molecular complexity index is 325. The summed E-state index contributed by atoms with van der Waals surface area (Å²) in [6, 6.07) is 0. The molecule has 1 aliphatic carbocycles. The van der Waals surface area contributed by atoms with Crippen LogP contribution in [0, 0.1) is 0 Å². The molecule has 74 valence electrons. The van der Waals surface area contributed by atoms with Crippen LogP contribution in [0.15, 0.2) is 23.1 Å². The summed E-state index contributed by atoms with van der Waals surface area (Å²) in [5.74, 6) is 0. The van der Waals surface area contributed by atoms with E-state index in [1.807, 2.05) is 6.92 Å². The third-order valence-electron chi connectivity index (χ3n) is 1.84. The van der Waals surface area contributed by atoms with E-state index in [0.29, 0.717) is 17.9 Å². The van der Waals surface area contributed by atoms with E-state index in [1.165, 1.54) is 6.26 Å². The van der Waals surface area contributed by atoms with Gasteiger partial charge in [-0.15, -0.1) is 0 Å². The maximum Gasteiger partial charge on any atom is 0.175 e. The van der Waals surface area contributed by atoms with Crippen molar-refractivity contribution in [2.75, 3.05) is 12.9 Å². The highest BCUT2D eigenvalue weighted by Crippen LogP contribution is 2.16. The van der Waals surface area contributed by atoms with Crippen LogP contribution in [0.2, 0.25) is 0 Å². The summed E-state index contributed by atoms with van der Waals surface area (Å²) in [6.07, 6.45) is 7.00. The zero-order chi connectivity index (χ0) is 9.90. The lowest BCUT2D eigenvalue weighted by Gasteiger charge is -2.14. The molecule has 0 amide bonds. The second-order valence-corrected chi connectivity index (χ2v) is 4.98.